The van der Waals surface area contributed by atoms with Gasteiger partial charge < -0.3 is 9.64 Å². The van der Waals surface area contributed by atoms with Crippen molar-refractivity contribution in [3.05, 3.63) is 106 Å². The molecule has 4 rings (SSSR count). The second-order valence-electron chi connectivity index (χ2n) is 7.70. The highest BCUT2D eigenvalue weighted by atomic mass is 16.5. The Kier molecular flexibility index (Phi) is 6.31. The first kappa shape index (κ1) is 22.0. The van der Waals surface area contributed by atoms with E-state index in [2.05, 4.69) is 5.10 Å². The molecular formula is C26H23N3O4. The maximum absolute atomic E-state index is 12.9. The molecule has 1 amide bonds. The fraction of sp³-hybridized carbons (Fsp3) is 0.154. The van der Waals surface area contributed by atoms with Crippen LogP contribution in [0.2, 0.25) is 0 Å². The summed E-state index contributed by atoms with van der Waals surface area (Å²) in [6.45, 7) is 1.96. The van der Waals surface area contributed by atoms with Crippen molar-refractivity contribution >= 4 is 22.6 Å². The predicted molar refractivity (Wildman–Crippen MR) is 125 cm³/mol. The van der Waals surface area contributed by atoms with Crippen molar-refractivity contribution < 1.29 is 14.3 Å². The molecule has 166 valence electrons. The Morgan fingerprint density at radius 3 is 2.27 bits per heavy atom. The molecule has 0 saturated carbocycles. The predicted octanol–water partition coefficient (Wildman–Crippen LogP) is 3.51. The number of hydrogen-bond donors (Lipinski definition) is 0. The number of carbonyl (C=O) groups is 2. The van der Waals surface area contributed by atoms with Crippen LogP contribution in [-0.2, 0) is 16.1 Å². The molecule has 0 aliphatic carbocycles. The highest BCUT2D eigenvalue weighted by Crippen LogP contribution is 2.16. The molecule has 1 heterocycles. The average Bonchev–Trinajstić information content (AvgIpc) is 2.84. The van der Waals surface area contributed by atoms with Crippen LogP contribution in [0.15, 0.2) is 83.7 Å². The number of hydrogen-bond acceptors (Lipinski definition) is 5. The molecule has 0 spiro atoms. The number of ether oxygens (including phenoxy) is 1. The number of benzene rings is 3. The van der Waals surface area contributed by atoms with Crippen LogP contribution in [0.3, 0.4) is 0 Å². The SMILES string of the molecule is Cc1ccccc1CN(C)C(=O)COC(=O)c1nn(-c2ccccc2)c(=O)c2ccccc12. The van der Waals surface area contributed by atoms with Gasteiger partial charge in [-0.05, 0) is 36.2 Å². The number of carbonyl (C=O) groups excluding carboxylic acids is 2. The largest absolute Gasteiger partial charge is 0.451 e. The van der Waals surface area contributed by atoms with Crippen LogP contribution in [-0.4, -0.2) is 40.2 Å². The van der Waals surface area contributed by atoms with Crippen molar-refractivity contribution in [1.29, 1.82) is 0 Å². The molecule has 0 aliphatic heterocycles. The van der Waals surface area contributed by atoms with Gasteiger partial charge in [-0.25, -0.2) is 4.79 Å². The maximum atomic E-state index is 12.9. The van der Waals surface area contributed by atoms with Crippen LogP contribution in [0, 0.1) is 6.92 Å². The number of amides is 1. The summed E-state index contributed by atoms with van der Waals surface area (Å²) in [7, 11) is 1.66. The summed E-state index contributed by atoms with van der Waals surface area (Å²) in [5.41, 5.74) is 2.25. The van der Waals surface area contributed by atoms with Gasteiger partial charge in [0.05, 0.1) is 11.1 Å². The number of aryl methyl sites for hydroxylation is 1. The number of esters is 1. The number of fused-ring (bicyclic) bond motifs is 1. The van der Waals surface area contributed by atoms with Crippen molar-refractivity contribution in [3.63, 3.8) is 0 Å². The van der Waals surface area contributed by atoms with Crippen molar-refractivity contribution in [2.24, 2.45) is 0 Å². The van der Waals surface area contributed by atoms with Crippen LogP contribution in [0.5, 0.6) is 0 Å². The zero-order valence-electron chi connectivity index (χ0n) is 18.4. The molecule has 0 saturated heterocycles. The molecule has 33 heavy (non-hydrogen) atoms. The standard InChI is InChI=1S/C26H23N3O4/c1-18-10-6-7-11-19(18)16-28(2)23(30)17-33-26(32)24-21-14-8-9-15-22(21)25(31)29(27-24)20-12-4-3-5-13-20/h3-15H,16-17H2,1-2H3. The third-order valence-electron chi connectivity index (χ3n) is 5.42. The van der Waals surface area contributed by atoms with Gasteiger partial charge >= 0.3 is 5.97 Å². The normalized spacial score (nSPS) is 10.7. The van der Waals surface area contributed by atoms with Crippen molar-refractivity contribution in [1.82, 2.24) is 14.7 Å². The number of nitrogens with zero attached hydrogens (tertiary/aromatic N) is 3. The van der Waals surface area contributed by atoms with E-state index in [9.17, 15) is 14.4 Å². The van der Waals surface area contributed by atoms with Gasteiger partial charge in [0.1, 0.15) is 0 Å². The summed E-state index contributed by atoms with van der Waals surface area (Å²) < 4.78 is 6.48. The Morgan fingerprint density at radius 2 is 1.55 bits per heavy atom. The lowest BCUT2D eigenvalue weighted by atomic mass is 10.1. The highest BCUT2D eigenvalue weighted by Gasteiger charge is 2.20. The Hall–Kier alpha value is -4.26. The van der Waals surface area contributed by atoms with Crippen LogP contribution in [0.1, 0.15) is 21.6 Å². The molecule has 0 radical (unpaired) electrons. The van der Waals surface area contributed by atoms with Gasteiger partial charge in [0.15, 0.2) is 12.3 Å². The lowest BCUT2D eigenvalue weighted by molar-refractivity contribution is -0.133. The summed E-state index contributed by atoms with van der Waals surface area (Å²) in [5.74, 6) is -1.11. The second-order valence-corrected chi connectivity index (χ2v) is 7.70. The van der Waals surface area contributed by atoms with Gasteiger partial charge in [0, 0.05) is 19.0 Å². The van der Waals surface area contributed by atoms with Gasteiger partial charge in [0.25, 0.3) is 11.5 Å². The van der Waals surface area contributed by atoms with E-state index in [-0.39, 0.29) is 17.2 Å². The second kappa shape index (κ2) is 9.48. The first-order chi connectivity index (χ1) is 16.0. The highest BCUT2D eigenvalue weighted by molar-refractivity contribution is 6.02. The molecule has 1 aromatic heterocycles. The van der Waals surface area contributed by atoms with E-state index in [0.717, 1.165) is 11.1 Å². The van der Waals surface area contributed by atoms with Crippen LogP contribution in [0.25, 0.3) is 16.5 Å². The minimum Gasteiger partial charge on any atom is -0.451 e. The minimum atomic E-state index is -0.770. The molecule has 0 aliphatic rings. The Labute approximate surface area is 190 Å². The van der Waals surface area contributed by atoms with Crippen LogP contribution >= 0.6 is 0 Å². The summed E-state index contributed by atoms with van der Waals surface area (Å²) in [4.78, 5) is 39.9. The molecule has 0 N–H and O–H groups in total. The van der Waals surface area contributed by atoms with E-state index >= 15 is 0 Å². The monoisotopic (exact) mass is 441 g/mol. The van der Waals surface area contributed by atoms with E-state index < -0.39 is 12.6 Å². The lowest BCUT2D eigenvalue weighted by Gasteiger charge is -2.18. The third kappa shape index (κ3) is 4.67. The minimum absolute atomic E-state index is 0.0246. The maximum Gasteiger partial charge on any atom is 0.359 e. The third-order valence-corrected chi connectivity index (χ3v) is 5.42. The Morgan fingerprint density at radius 1 is 0.909 bits per heavy atom. The van der Waals surface area contributed by atoms with Gasteiger partial charge in [-0.1, -0.05) is 60.7 Å². The van der Waals surface area contributed by atoms with Crippen molar-refractivity contribution in [2.45, 2.75) is 13.5 Å². The number of rotatable bonds is 6. The molecular weight excluding hydrogens is 418 g/mol. The Balaban J connectivity index is 1.57. The average molecular weight is 441 g/mol. The first-order valence-corrected chi connectivity index (χ1v) is 10.5. The van der Waals surface area contributed by atoms with E-state index in [1.165, 1.54) is 9.58 Å². The Bertz CT molecular complexity index is 1380. The number of para-hydroxylation sites is 1. The molecule has 7 heteroatoms. The summed E-state index contributed by atoms with van der Waals surface area (Å²) in [6, 6.07) is 23.3. The van der Waals surface area contributed by atoms with E-state index in [0.29, 0.717) is 23.0 Å². The van der Waals surface area contributed by atoms with E-state index in [4.69, 9.17) is 4.74 Å². The molecule has 7 nitrogen and oxygen atoms in total. The zero-order valence-corrected chi connectivity index (χ0v) is 18.4. The van der Waals surface area contributed by atoms with Gasteiger partial charge in [-0.3, -0.25) is 9.59 Å². The topological polar surface area (TPSA) is 81.5 Å². The molecule has 0 atom stereocenters. The number of aromatic nitrogens is 2. The molecule has 3 aromatic carbocycles. The quantitative estimate of drug-likeness (QED) is 0.428. The lowest BCUT2D eigenvalue weighted by Crippen LogP contribution is -2.31. The zero-order chi connectivity index (χ0) is 23.4. The van der Waals surface area contributed by atoms with Crippen molar-refractivity contribution in [2.75, 3.05) is 13.7 Å². The fourth-order valence-corrected chi connectivity index (χ4v) is 3.52. The molecule has 0 bridgehead atoms. The van der Waals surface area contributed by atoms with Crippen LogP contribution < -0.4 is 5.56 Å². The van der Waals surface area contributed by atoms with Crippen molar-refractivity contribution in [3.8, 4) is 5.69 Å². The van der Waals surface area contributed by atoms with Gasteiger partial charge in [-0.15, -0.1) is 0 Å². The molecule has 4 aromatic rings. The molecule has 0 fully saturated rings. The van der Waals surface area contributed by atoms with E-state index in [1.807, 2.05) is 37.3 Å². The smallest absolute Gasteiger partial charge is 0.359 e. The molecule has 0 unspecified atom stereocenters. The van der Waals surface area contributed by atoms with E-state index in [1.54, 1.807) is 55.6 Å². The fourth-order valence-electron chi connectivity index (χ4n) is 3.52. The van der Waals surface area contributed by atoms with Crippen LogP contribution in [0.4, 0.5) is 0 Å². The summed E-state index contributed by atoms with van der Waals surface area (Å²) in [6.07, 6.45) is 0. The summed E-state index contributed by atoms with van der Waals surface area (Å²) >= 11 is 0. The summed E-state index contributed by atoms with van der Waals surface area (Å²) in [5, 5.41) is 4.99. The first-order valence-electron chi connectivity index (χ1n) is 10.5. The van der Waals surface area contributed by atoms with Gasteiger partial charge in [0.2, 0.25) is 0 Å². The number of likely N-dealkylation sites (N-methyl/N-ethyl adjacent to an activating group) is 1. The van der Waals surface area contributed by atoms with Gasteiger partial charge in [-0.2, -0.15) is 9.78 Å².